The van der Waals surface area contributed by atoms with Crippen LogP contribution < -0.4 is 9.19 Å². The van der Waals surface area contributed by atoms with Crippen molar-refractivity contribution in [3.05, 3.63) is 42.5 Å². The number of fused-ring (bicyclic) bond motifs is 1. The van der Waals surface area contributed by atoms with Crippen molar-refractivity contribution in [2.75, 3.05) is 21.1 Å². The molecule has 0 N–H and O–H groups in total. The van der Waals surface area contributed by atoms with Gasteiger partial charge in [0.15, 0.2) is 0 Å². The Balaban J connectivity index is 0.00000112. The lowest BCUT2D eigenvalue weighted by Gasteiger charge is -2.23. The summed E-state index contributed by atoms with van der Waals surface area (Å²) in [5, 5.41) is 2.63. The Morgan fingerprint density at radius 3 is 2.00 bits per heavy atom. The Labute approximate surface area is 89.9 Å². The van der Waals surface area contributed by atoms with E-state index in [1.165, 1.54) is 16.5 Å². The minimum absolute atomic E-state index is 0. The highest BCUT2D eigenvalue weighted by atomic mass is 19.0. The number of halogens is 1. The summed E-state index contributed by atoms with van der Waals surface area (Å²) in [5.41, 5.74) is 1.34. The second-order valence-corrected chi connectivity index (χ2v) is 4.54. The molecule has 0 aliphatic heterocycles. The Morgan fingerprint density at radius 2 is 1.40 bits per heavy atom. The minimum atomic E-state index is 0. The van der Waals surface area contributed by atoms with Crippen LogP contribution in [0, 0.1) is 0 Å². The van der Waals surface area contributed by atoms with E-state index in [1.54, 1.807) is 0 Å². The van der Waals surface area contributed by atoms with Gasteiger partial charge in [-0.3, -0.25) is 4.48 Å². The molecule has 0 heterocycles. The first kappa shape index (κ1) is 11.7. The van der Waals surface area contributed by atoms with Gasteiger partial charge in [0.2, 0.25) is 0 Å². The molecule has 0 aliphatic carbocycles. The fourth-order valence-corrected chi connectivity index (χ4v) is 1.59. The van der Waals surface area contributed by atoms with E-state index in [0.29, 0.717) is 0 Å². The van der Waals surface area contributed by atoms with Gasteiger partial charge in [-0.05, 0) is 22.9 Å². The van der Waals surface area contributed by atoms with Gasteiger partial charge in [0.25, 0.3) is 0 Å². The molecule has 2 aromatic carbocycles. The maximum atomic E-state index is 2.26. The molecule has 80 valence electrons. The average Bonchev–Trinajstić information content (AvgIpc) is 2.16. The summed E-state index contributed by atoms with van der Waals surface area (Å²) >= 11 is 0. The summed E-state index contributed by atoms with van der Waals surface area (Å²) in [5.74, 6) is 0. The zero-order valence-electron chi connectivity index (χ0n) is 9.37. The lowest BCUT2D eigenvalue weighted by molar-refractivity contribution is -0.00000306. The Bertz CT molecular complexity index is 457. The van der Waals surface area contributed by atoms with E-state index in [1.807, 2.05) is 0 Å². The molecule has 0 unspecified atom stereocenters. The summed E-state index contributed by atoms with van der Waals surface area (Å²) in [7, 11) is 6.55. The predicted molar refractivity (Wildman–Crippen MR) is 63.5 cm³/mol. The Hall–Kier alpha value is -1.41. The third-order valence-electron chi connectivity index (χ3n) is 2.51. The van der Waals surface area contributed by atoms with Crippen molar-refractivity contribution in [3.63, 3.8) is 0 Å². The van der Waals surface area contributed by atoms with Gasteiger partial charge in [-0.2, -0.15) is 0 Å². The Kier molecular flexibility index (Phi) is 3.10. The van der Waals surface area contributed by atoms with Crippen LogP contribution in [0.15, 0.2) is 42.5 Å². The number of benzene rings is 2. The molecule has 15 heavy (non-hydrogen) atoms. The minimum Gasteiger partial charge on any atom is -1.00 e. The fourth-order valence-electron chi connectivity index (χ4n) is 1.59. The molecule has 1 nitrogen and oxygen atoms in total. The molecule has 0 radical (unpaired) electrons. The molecule has 0 aromatic heterocycles. The van der Waals surface area contributed by atoms with Gasteiger partial charge in [-0.25, -0.2) is 0 Å². The summed E-state index contributed by atoms with van der Waals surface area (Å²) in [6.45, 7) is 0. The molecule has 0 fully saturated rings. The molecule has 0 saturated carbocycles. The van der Waals surface area contributed by atoms with Crippen LogP contribution in [0.2, 0.25) is 0 Å². The SMILES string of the molecule is C[N+](C)(C)c1ccc2ccccc2c1.[F-]. The van der Waals surface area contributed by atoms with Crippen molar-refractivity contribution in [1.29, 1.82) is 0 Å². The maximum Gasteiger partial charge on any atom is 0.132 e. The highest BCUT2D eigenvalue weighted by Crippen LogP contribution is 2.23. The monoisotopic (exact) mass is 205 g/mol. The van der Waals surface area contributed by atoms with Crippen LogP contribution in [0.25, 0.3) is 10.8 Å². The van der Waals surface area contributed by atoms with Crippen LogP contribution in [-0.4, -0.2) is 21.1 Å². The van der Waals surface area contributed by atoms with E-state index < -0.39 is 0 Å². The molecule has 2 heteroatoms. The number of hydrogen-bond donors (Lipinski definition) is 0. The van der Waals surface area contributed by atoms with Crippen LogP contribution in [0.1, 0.15) is 0 Å². The third-order valence-corrected chi connectivity index (χ3v) is 2.51. The molecule has 2 aromatic rings. The number of nitrogens with zero attached hydrogens (tertiary/aromatic N) is 1. The Morgan fingerprint density at radius 1 is 0.800 bits per heavy atom. The zero-order chi connectivity index (χ0) is 10.2. The molecular formula is C13H16FN. The van der Waals surface area contributed by atoms with Crippen molar-refractivity contribution < 1.29 is 4.70 Å². The second-order valence-electron chi connectivity index (χ2n) is 4.54. The van der Waals surface area contributed by atoms with Gasteiger partial charge in [-0.15, -0.1) is 0 Å². The highest BCUT2D eigenvalue weighted by molar-refractivity contribution is 5.85. The molecule has 0 bridgehead atoms. The van der Waals surface area contributed by atoms with Crippen molar-refractivity contribution >= 4 is 16.5 Å². The molecule has 0 saturated heterocycles. The summed E-state index contributed by atoms with van der Waals surface area (Å²) < 4.78 is 0.866. The van der Waals surface area contributed by atoms with Crippen molar-refractivity contribution in [3.8, 4) is 0 Å². The average molecular weight is 205 g/mol. The number of hydrogen-bond acceptors (Lipinski definition) is 0. The lowest BCUT2D eigenvalue weighted by atomic mass is 10.1. The van der Waals surface area contributed by atoms with E-state index in [2.05, 4.69) is 63.6 Å². The van der Waals surface area contributed by atoms with Crippen LogP contribution in [0.5, 0.6) is 0 Å². The van der Waals surface area contributed by atoms with Crippen LogP contribution in [0.4, 0.5) is 5.69 Å². The highest BCUT2D eigenvalue weighted by Gasteiger charge is 2.11. The van der Waals surface area contributed by atoms with Gasteiger partial charge in [-0.1, -0.05) is 24.3 Å². The smallest absolute Gasteiger partial charge is 0.132 e. The molecule has 0 spiro atoms. The molecule has 0 aliphatic rings. The molecule has 0 amide bonds. The van der Waals surface area contributed by atoms with Gasteiger partial charge in [0.1, 0.15) is 5.69 Å². The number of quaternary nitrogens is 1. The number of rotatable bonds is 1. The maximum absolute atomic E-state index is 2.26. The molecule has 0 atom stereocenters. The fraction of sp³-hybridized carbons (Fsp3) is 0.231. The van der Waals surface area contributed by atoms with Crippen molar-refractivity contribution in [2.45, 2.75) is 0 Å². The largest absolute Gasteiger partial charge is 1.00 e. The van der Waals surface area contributed by atoms with E-state index in [-0.39, 0.29) is 4.70 Å². The van der Waals surface area contributed by atoms with E-state index in [0.717, 1.165) is 4.48 Å². The van der Waals surface area contributed by atoms with Crippen LogP contribution >= 0.6 is 0 Å². The summed E-state index contributed by atoms with van der Waals surface area (Å²) in [6, 6.07) is 15.1. The van der Waals surface area contributed by atoms with E-state index in [9.17, 15) is 0 Å². The van der Waals surface area contributed by atoms with Gasteiger partial charge >= 0.3 is 0 Å². The van der Waals surface area contributed by atoms with Gasteiger partial charge in [0, 0.05) is 6.07 Å². The predicted octanol–water partition coefficient (Wildman–Crippen LogP) is 0.0405. The van der Waals surface area contributed by atoms with E-state index >= 15 is 0 Å². The van der Waals surface area contributed by atoms with E-state index in [4.69, 9.17) is 0 Å². The van der Waals surface area contributed by atoms with Crippen LogP contribution in [-0.2, 0) is 0 Å². The topological polar surface area (TPSA) is 0 Å². The van der Waals surface area contributed by atoms with Crippen molar-refractivity contribution in [1.82, 2.24) is 4.48 Å². The molecule has 2 rings (SSSR count). The summed E-state index contributed by atoms with van der Waals surface area (Å²) in [4.78, 5) is 0. The zero-order valence-corrected chi connectivity index (χ0v) is 9.37. The first-order valence-electron chi connectivity index (χ1n) is 4.88. The normalized spacial score (nSPS) is 11.1. The standard InChI is InChI=1S/C13H16N.FH/c1-14(2,3)13-9-8-11-6-4-5-7-12(11)10-13;/h4-10H,1-3H3;1H/q+1;/p-1. The quantitative estimate of drug-likeness (QED) is 0.577. The first-order chi connectivity index (χ1) is 6.57. The first-order valence-corrected chi connectivity index (χ1v) is 4.88. The van der Waals surface area contributed by atoms with Gasteiger partial charge in [0.05, 0.1) is 21.1 Å². The molecular weight excluding hydrogens is 189 g/mol. The summed E-state index contributed by atoms with van der Waals surface area (Å²) in [6.07, 6.45) is 0. The second kappa shape index (κ2) is 3.99. The van der Waals surface area contributed by atoms with Crippen LogP contribution in [0.3, 0.4) is 0 Å². The van der Waals surface area contributed by atoms with Gasteiger partial charge < -0.3 is 4.70 Å². The van der Waals surface area contributed by atoms with Crippen molar-refractivity contribution in [2.24, 2.45) is 0 Å². The lowest BCUT2D eigenvalue weighted by Crippen LogP contribution is -3.00. The third kappa shape index (κ3) is 2.34.